The van der Waals surface area contributed by atoms with Crippen LogP contribution in [0.5, 0.6) is 0 Å². The molecule has 0 bridgehead atoms. The topological polar surface area (TPSA) is 110 Å². The number of nitrogens with zero attached hydrogens (tertiary/aromatic N) is 1. The molecule has 1 atom stereocenters. The molecule has 1 fully saturated rings. The van der Waals surface area contributed by atoms with Gasteiger partial charge in [-0.1, -0.05) is 13.8 Å². The largest absolute Gasteiger partial charge is 0.354 e. The van der Waals surface area contributed by atoms with Crippen LogP contribution in [0, 0.1) is 5.92 Å². The highest BCUT2D eigenvalue weighted by Gasteiger charge is 2.27. The van der Waals surface area contributed by atoms with E-state index in [9.17, 15) is 18.0 Å². The fraction of sp³-hybridized carbons (Fsp3) is 0.875. The molecule has 0 aromatic carbocycles. The second-order valence-corrected chi connectivity index (χ2v) is 9.07. The molecule has 7 nitrogen and oxygen atoms in total. The van der Waals surface area contributed by atoms with Crippen molar-refractivity contribution in [1.82, 2.24) is 10.2 Å². The molecular formula is C16H32ClN3O4S. The van der Waals surface area contributed by atoms with Crippen molar-refractivity contribution in [2.24, 2.45) is 11.7 Å². The smallest absolute Gasteiger partial charge is 0.223 e. The molecule has 9 heteroatoms. The summed E-state index contributed by atoms with van der Waals surface area (Å²) in [6.45, 7) is 5.03. The molecule has 0 saturated carbocycles. The van der Waals surface area contributed by atoms with Gasteiger partial charge in [-0.3, -0.25) is 9.59 Å². The molecule has 2 amide bonds. The molecule has 0 spiro atoms. The van der Waals surface area contributed by atoms with Crippen LogP contribution in [0.2, 0.25) is 0 Å². The van der Waals surface area contributed by atoms with E-state index >= 15 is 0 Å². The van der Waals surface area contributed by atoms with Gasteiger partial charge in [-0.05, 0) is 25.2 Å². The second kappa shape index (κ2) is 11.7. The number of piperidine rings is 1. The van der Waals surface area contributed by atoms with E-state index in [4.69, 9.17) is 5.73 Å². The van der Waals surface area contributed by atoms with E-state index in [1.54, 1.807) is 4.90 Å². The van der Waals surface area contributed by atoms with Gasteiger partial charge in [-0.2, -0.15) is 0 Å². The summed E-state index contributed by atoms with van der Waals surface area (Å²) in [6.07, 6.45) is 3.04. The number of hydrogen-bond acceptors (Lipinski definition) is 5. The Morgan fingerprint density at radius 1 is 1.24 bits per heavy atom. The Morgan fingerprint density at radius 2 is 1.92 bits per heavy atom. The van der Waals surface area contributed by atoms with Gasteiger partial charge in [0, 0.05) is 38.5 Å². The van der Waals surface area contributed by atoms with Crippen LogP contribution in [0.15, 0.2) is 0 Å². The minimum absolute atomic E-state index is 0. The van der Waals surface area contributed by atoms with Crippen molar-refractivity contribution in [1.29, 1.82) is 0 Å². The average molecular weight is 398 g/mol. The van der Waals surface area contributed by atoms with Gasteiger partial charge in [0.2, 0.25) is 11.8 Å². The van der Waals surface area contributed by atoms with Crippen molar-refractivity contribution in [2.75, 3.05) is 31.1 Å². The molecule has 25 heavy (non-hydrogen) atoms. The second-order valence-electron chi connectivity index (χ2n) is 6.84. The summed E-state index contributed by atoms with van der Waals surface area (Å²) in [6, 6.07) is -0.0548. The summed E-state index contributed by atoms with van der Waals surface area (Å²) in [4.78, 5) is 25.7. The first-order chi connectivity index (χ1) is 11.2. The van der Waals surface area contributed by atoms with Gasteiger partial charge >= 0.3 is 0 Å². The van der Waals surface area contributed by atoms with Crippen molar-refractivity contribution in [2.45, 2.75) is 52.0 Å². The molecule has 1 aliphatic heterocycles. The summed E-state index contributed by atoms with van der Waals surface area (Å²) in [5, 5.41) is 2.81. The van der Waals surface area contributed by atoms with Crippen LogP contribution in [0.25, 0.3) is 0 Å². The Hall–Kier alpha value is -0.860. The van der Waals surface area contributed by atoms with Crippen LogP contribution in [0.4, 0.5) is 0 Å². The van der Waals surface area contributed by atoms with Gasteiger partial charge < -0.3 is 16.0 Å². The third-order valence-electron chi connectivity index (χ3n) is 4.07. The summed E-state index contributed by atoms with van der Waals surface area (Å²) in [7, 11) is -3.20. The first-order valence-electron chi connectivity index (χ1n) is 8.72. The minimum Gasteiger partial charge on any atom is -0.354 e. The van der Waals surface area contributed by atoms with Gasteiger partial charge in [0.1, 0.15) is 0 Å². The summed E-state index contributed by atoms with van der Waals surface area (Å²) in [5.41, 5.74) is 5.35. The van der Waals surface area contributed by atoms with E-state index in [-0.39, 0.29) is 60.5 Å². The Balaban J connectivity index is 0.00000576. The molecule has 0 aromatic rings. The van der Waals surface area contributed by atoms with Crippen LogP contribution >= 0.6 is 12.4 Å². The molecule has 1 saturated heterocycles. The number of halogens is 1. The van der Waals surface area contributed by atoms with E-state index in [1.807, 2.05) is 13.8 Å². The monoisotopic (exact) mass is 397 g/mol. The highest BCUT2D eigenvalue weighted by atomic mass is 35.5. The number of nitrogens with one attached hydrogen (secondary N) is 1. The third-order valence-corrected chi connectivity index (χ3v) is 6.07. The summed E-state index contributed by atoms with van der Waals surface area (Å²) in [5.74, 6) is -0.188. The predicted molar refractivity (Wildman–Crippen MR) is 101 cm³/mol. The van der Waals surface area contributed by atoms with Crippen molar-refractivity contribution < 1.29 is 18.0 Å². The maximum atomic E-state index is 12.4. The van der Waals surface area contributed by atoms with Gasteiger partial charge in [-0.15, -0.1) is 12.4 Å². The van der Waals surface area contributed by atoms with Crippen LogP contribution in [-0.2, 0) is 19.4 Å². The minimum atomic E-state index is -3.20. The van der Waals surface area contributed by atoms with Crippen molar-refractivity contribution in [3.8, 4) is 0 Å². The van der Waals surface area contributed by atoms with Crippen molar-refractivity contribution >= 4 is 34.1 Å². The van der Waals surface area contributed by atoms with Crippen LogP contribution in [0.3, 0.4) is 0 Å². The fourth-order valence-electron chi connectivity index (χ4n) is 2.97. The number of rotatable bonds is 9. The maximum absolute atomic E-state index is 12.4. The first-order valence-corrected chi connectivity index (χ1v) is 10.5. The molecular weight excluding hydrogens is 366 g/mol. The average Bonchev–Trinajstić information content (AvgIpc) is 2.50. The van der Waals surface area contributed by atoms with E-state index in [0.29, 0.717) is 19.6 Å². The summed E-state index contributed by atoms with van der Waals surface area (Å²) >= 11 is 0. The molecule has 1 unspecified atom stereocenters. The van der Waals surface area contributed by atoms with E-state index < -0.39 is 9.84 Å². The SMILES string of the molecule is CC(C)CS(=O)(=O)CCC(=O)N1CCCCC1CNC(=O)CCN.Cl. The standard InChI is InChI=1S/C16H31N3O4S.ClH/c1-13(2)12-24(22,23)10-7-16(21)19-9-4-3-5-14(19)11-18-15(20)6-8-17;/h13-14H,3-12,17H2,1-2H3,(H,18,20);1H. The van der Waals surface area contributed by atoms with E-state index in [0.717, 1.165) is 19.3 Å². The number of amides is 2. The molecule has 1 rings (SSSR count). The van der Waals surface area contributed by atoms with E-state index in [2.05, 4.69) is 5.32 Å². The maximum Gasteiger partial charge on any atom is 0.223 e. The summed E-state index contributed by atoms with van der Waals surface area (Å²) < 4.78 is 23.9. The predicted octanol–water partition coefficient (Wildman–Crippen LogP) is 0.715. The fourth-order valence-corrected chi connectivity index (χ4v) is 4.64. The number of hydrogen-bond donors (Lipinski definition) is 2. The molecule has 0 aliphatic carbocycles. The molecule has 3 N–H and O–H groups in total. The Labute approximate surface area is 157 Å². The van der Waals surface area contributed by atoms with Crippen LogP contribution in [0.1, 0.15) is 46.0 Å². The van der Waals surface area contributed by atoms with Crippen molar-refractivity contribution in [3.05, 3.63) is 0 Å². The highest BCUT2D eigenvalue weighted by molar-refractivity contribution is 7.91. The zero-order valence-electron chi connectivity index (χ0n) is 15.2. The lowest BCUT2D eigenvalue weighted by molar-refractivity contribution is -0.135. The highest BCUT2D eigenvalue weighted by Crippen LogP contribution is 2.18. The third kappa shape index (κ3) is 9.42. The number of carbonyl (C=O) groups excluding carboxylic acids is 2. The van der Waals surface area contributed by atoms with Crippen LogP contribution < -0.4 is 11.1 Å². The van der Waals surface area contributed by atoms with Gasteiger partial charge in [0.05, 0.1) is 11.5 Å². The Kier molecular flexibility index (Phi) is 11.3. The molecule has 148 valence electrons. The molecule has 1 heterocycles. The van der Waals surface area contributed by atoms with Crippen LogP contribution in [-0.4, -0.2) is 62.3 Å². The Morgan fingerprint density at radius 3 is 2.52 bits per heavy atom. The number of likely N-dealkylation sites (tertiary alicyclic amines) is 1. The number of nitrogens with two attached hydrogens (primary N) is 1. The molecule has 0 aromatic heterocycles. The number of sulfone groups is 1. The lowest BCUT2D eigenvalue weighted by atomic mass is 10.0. The lowest BCUT2D eigenvalue weighted by Crippen LogP contribution is -2.49. The van der Waals surface area contributed by atoms with Gasteiger partial charge in [0.15, 0.2) is 9.84 Å². The van der Waals surface area contributed by atoms with Crippen molar-refractivity contribution in [3.63, 3.8) is 0 Å². The zero-order chi connectivity index (χ0) is 18.2. The number of carbonyl (C=O) groups is 2. The first kappa shape index (κ1) is 24.1. The van der Waals surface area contributed by atoms with Gasteiger partial charge in [-0.25, -0.2) is 8.42 Å². The quantitative estimate of drug-likeness (QED) is 0.595. The molecule has 1 aliphatic rings. The lowest BCUT2D eigenvalue weighted by Gasteiger charge is -2.36. The zero-order valence-corrected chi connectivity index (χ0v) is 16.8. The normalized spacial score (nSPS) is 17.9. The Bertz CT molecular complexity index is 525. The molecule has 0 radical (unpaired) electrons. The van der Waals surface area contributed by atoms with E-state index in [1.165, 1.54) is 0 Å². The van der Waals surface area contributed by atoms with Gasteiger partial charge in [0.25, 0.3) is 0 Å².